The second-order valence-corrected chi connectivity index (χ2v) is 7.28. The van der Waals surface area contributed by atoms with Crippen LogP contribution in [-0.2, 0) is 14.4 Å². The summed E-state index contributed by atoms with van der Waals surface area (Å²) in [5, 5.41) is 7.77. The summed E-state index contributed by atoms with van der Waals surface area (Å²) in [6.07, 6.45) is 0. The third kappa shape index (κ3) is 6.78. The molecule has 0 saturated carbocycles. The smallest absolute Gasteiger partial charge is 0.313 e. The summed E-state index contributed by atoms with van der Waals surface area (Å²) < 4.78 is 13.1. The summed E-state index contributed by atoms with van der Waals surface area (Å²) >= 11 is 0. The lowest BCUT2D eigenvalue weighted by molar-refractivity contribution is -0.136. The molecular weight excluding hydrogens is 401 g/mol. The minimum absolute atomic E-state index is 0.222. The van der Waals surface area contributed by atoms with Gasteiger partial charge in [-0.1, -0.05) is 6.07 Å². The molecular formula is C22H26FN5O3. The van der Waals surface area contributed by atoms with E-state index < -0.39 is 11.8 Å². The summed E-state index contributed by atoms with van der Waals surface area (Å²) in [6.45, 7) is 5.63. The zero-order chi connectivity index (χ0) is 22.2. The van der Waals surface area contributed by atoms with Gasteiger partial charge in [-0.3, -0.25) is 19.3 Å². The van der Waals surface area contributed by atoms with E-state index in [-0.39, 0.29) is 11.7 Å². The van der Waals surface area contributed by atoms with Crippen molar-refractivity contribution in [3.05, 3.63) is 54.3 Å². The van der Waals surface area contributed by atoms with Crippen LogP contribution in [-0.4, -0.2) is 61.9 Å². The quantitative estimate of drug-likeness (QED) is 0.610. The Labute approximate surface area is 180 Å². The van der Waals surface area contributed by atoms with Gasteiger partial charge < -0.3 is 20.9 Å². The fourth-order valence-electron chi connectivity index (χ4n) is 3.36. The van der Waals surface area contributed by atoms with Crippen LogP contribution in [0.4, 0.5) is 21.5 Å². The van der Waals surface area contributed by atoms with Crippen LogP contribution in [0, 0.1) is 5.82 Å². The van der Waals surface area contributed by atoms with Gasteiger partial charge in [0.2, 0.25) is 5.91 Å². The zero-order valence-electron chi connectivity index (χ0n) is 17.4. The van der Waals surface area contributed by atoms with Crippen LogP contribution in [0.1, 0.15) is 6.92 Å². The Hall–Kier alpha value is -3.46. The molecule has 1 aliphatic rings. The molecule has 9 heteroatoms. The highest BCUT2D eigenvalue weighted by atomic mass is 19.1. The zero-order valence-corrected chi connectivity index (χ0v) is 17.4. The first kappa shape index (κ1) is 22.2. The van der Waals surface area contributed by atoms with Crippen LogP contribution in [0.3, 0.4) is 0 Å². The number of hydrogen-bond donors (Lipinski definition) is 3. The van der Waals surface area contributed by atoms with Crippen molar-refractivity contribution in [3.8, 4) is 0 Å². The molecule has 3 N–H and O–H groups in total. The van der Waals surface area contributed by atoms with Crippen molar-refractivity contribution in [1.82, 2.24) is 10.2 Å². The molecule has 0 bridgehead atoms. The van der Waals surface area contributed by atoms with Crippen LogP contribution in [0.5, 0.6) is 0 Å². The summed E-state index contributed by atoms with van der Waals surface area (Å²) in [4.78, 5) is 39.7. The number of benzene rings is 2. The van der Waals surface area contributed by atoms with Crippen molar-refractivity contribution >= 4 is 34.8 Å². The predicted molar refractivity (Wildman–Crippen MR) is 117 cm³/mol. The summed E-state index contributed by atoms with van der Waals surface area (Å²) in [6, 6.07) is 13.0. The fraction of sp³-hybridized carbons (Fsp3) is 0.318. The first-order valence-corrected chi connectivity index (χ1v) is 10.1. The van der Waals surface area contributed by atoms with Gasteiger partial charge >= 0.3 is 11.8 Å². The number of amides is 3. The molecule has 0 aromatic heterocycles. The average molecular weight is 427 g/mol. The number of hydrogen-bond acceptors (Lipinski definition) is 5. The molecule has 2 aromatic rings. The number of carbonyl (C=O) groups is 3. The summed E-state index contributed by atoms with van der Waals surface area (Å²) in [7, 11) is 0. The molecule has 0 radical (unpaired) electrons. The third-order valence-corrected chi connectivity index (χ3v) is 4.92. The molecule has 1 heterocycles. The molecule has 1 saturated heterocycles. The van der Waals surface area contributed by atoms with Gasteiger partial charge in [-0.2, -0.15) is 0 Å². The normalized spacial score (nSPS) is 14.1. The average Bonchev–Trinajstić information content (AvgIpc) is 2.74. The number of anilines is 3. The number of piperazine rings is 1. The molecule has 0 atom stereocenters. The van der Waals surface area contributed by atoms with Gasteiger partial charge in [0.05, 0.1) is 0 Å². The maximum Gasteiger partial charge on any atom is 0.313 e. The fourth-order valence-corrected chi connectivity index (χ4v) is 3.36. The monoisotopic (exact) mass is 427 g/mol. The van der Waals surface area contributed by atoms with Crippen LogP contribution in [0.15, 0.2) is 48.5 Å². The van der Waals surface area contributed by atoms with E-state index in [1.165, 1.54) is 19.1 Å². The first-order chi connectivity index (χ1) is 14.9. The second kappa shape index (κ2) is 10.5. The van der Waals surface area contributed by atoms with E-state index in [9.17, 15) is 18.8 Å². The number of halogens is 1. The molecule has 2 aromatic carbocycles. The summed E-state index contributed by atoms with van der Waals surface area (Å²) in [5.74, 6) is -1.95. The Bertz CT molecular complexity index is 927. The maximum atomic E-state index is 13.1. The van der Waals surface area contributed by atoms with Crippen LogP contribution in [0.2, 0.25) is 0 Å². The molecule has 31 heavy (non-hydrogen) atoms. The Balaban J connectivity index is 1.38. The highest BCUT2D eigenvalue weighted by Crippen LogP contribution is 2.17. The Morgan fingerprint density at radius 2 is 1.55 bits per heavy atom. The minimum Gasteiger partial charge on any atom is -0.369 e. The van der Waals surface area contributed by atoms with Crippen molar-refractivity contribution in [2.45, 2.75) is 6.92 Å². The van der Waals surface area contributed by atoms with E-state index in [1.54, 1.807) is 36.4 Å². The van der Waals surface area contributed by atoms with Crippen molar-refractivity contribution < 1.29 is 18.8 Å². The van der Waals surface area contributed by atoms with Crippen molar-refractivity contribution in [2.75, 3.05) is 54.8 Å². The SMILES string of the molecule is CC(=O)Nc1cccc(NC(=O)C(=O)NCCN2CCN(c3ccc(F)cc3)CC2)c1. The van der Waals surface area contributed by atoms with E-state index in [4.69, 9.17) is 0 Å². The van der Waals surface area contributed by atoms with E-state index in [2.05, 4.69) is 25.8 Å². The molecule has 8 nitrogen and oxygen atoms in total. The molecule has 3 amide bonds. The van der Waals surface area contributed by atoms with Gasteiger partial charge in [0.25, 0.3) is 0 Å². The molecule has 0 aliphatic carbocycles. The van der Waals surface area contributed by atoms with Gasteiger partial charge in [0.1, 0.15) is 5.82 Å². The largest absolute Gasteiger partial charge is 0.369 e. The van der Waals surface area contributed by atoms with Crippen LogP contribution in [0.25, 0.3) is 0 Å². The van der Waals surface area contributed by atoms with Gasteiger partial charge in [0.15, 0.2) is 0 Å². The second-order valence-electron chi connectivity index (χ2n) is 7.28. The number of nitrogens with zero attached hydrogens (tertiary/aromatic N) is 2. The van der Waals surface area contributed by atoms with Crippen molar-refractivity contribution in [3.63, 3.8) is 0 Å². The lowest BCUT2D eigenvalue weighted by Crippen LogP contribution is -2.49. The van der Waals surface area contributed by atoms with Crippen LogP contribution >= 0.6 is 0 Å². The van der Waals surface area contributed by atoms with E-state index in [0.717, 1.165) is 31.9 Å². The highest BCUT2D eigenvalue weighted by Gasteiger charge is 2.18. The maximum absolute atomic E-state index is 13.1. The number of rotatable bonds is 6. The lowest BCUT2D eigenvalue weighted by Gasteiger charge is -2.36. The van der Waals surface area contributed by atoms with Crippen molar-refractivity contribution in [1.29, 1.82) is 0 Å². The molecule has 3 rings (SSSR count). The number of nitrogens with one attached hydrogen (secondary N) is 3. The molecule has 0 spiro atoms. The van der Waals surface area contributed by atoms with Crippen molar-refractivity contribution in [2.24, 2.45) is 0 Å². The Morgan fingerprint density at radius 3 is 2.19 bits per heavy atom. The molecule has 1 fully saturated rings. The van der Waals surface area contributed by atoms with E-state index in [0.29, 0.717) is 24.5 Å². The first-order valence-electron chi connectivity index (χ1n) is 10.1. The van der Waals surface area contributed by atoms with E-state index >= 15 is 0 Å². The molecule has 0 unspecified atom stereocenters. The van der Waals surface area contributed by atoms with Gasteiger partial charge in [-0.15, -0.1) is 0 Å². The van der Waals surface area contributed by atoms with Crippen LogP contribution < -0.4 is 20.9 Å². The Kier molecular flexibility index (Phi) is 7.55. The third-order valence-electron chi connectivity index (χ3n) is 4.92. The summed E-state index contributed by atoms with van der Waals surface area (Å²) in [5.41, 5.74) is 1.95. The topological polar surface area (TPSA) is 93.8 Å². The van der Waals surface area contributed by atoms with Gasteiger partial charge in [-0.05, 0) is 42.5 Å². The van der Waals surface area contributed by atoms with Gasteiger partial charge in [-0.25, -0.2) is 4.39 Å². The van der Waals surface area contributed by atoms with E-state index in [1.807, 2.05) is 0 Å². The minimum atomic E-state index is -0.763. The predicted octanol–water partition coefficient (Wildman–Crippen LogP) is 1.66. The Morgan fingerprint density at radius 1 is 0.903 bits per heavy atom. The number of carbonyl (C=O) groups excluding carboxylic acids is 3. The molecule has 164 valence electrons. The molecule has 1 aliphatic heterocycles. The lowest BCUT2D eigenvalue weighted by atomic mass is 10.2. The van der Waals surface area contributed by atoms with Gasteiger partial charge in [0, 0.05) is 63.3 Å². The standard InChI is InChI=1S/C22H26FN5O3/c1-16(29)25-18-3-2-4-19(15-18)26-22(31)21(30)24-9-10-27-11-13-28(14-12-27)20-7-5-17(23)6-8-20/h2-8,15H,9-14H2,1H3,(H,24,30)(H,25,29)(H,26,31). The highest BCUT2D eigenvalue weighted by molar-refractivity contribution is 6.39.